The fraction of sp³-hybridized carbons (Fsp3) is 0.143. The van der Waals surface area contributed by atoms with Crippen LogP contribution in [0.5, 0.6) is 5.75 Å². The third-order valence-corrected chi connectivity index (χ3v) is 2.25. The van der Waals surface area contributed by atoms with E-state index in [0.29, 0.717) is 0 Å². The van der Waals surface area contributed by atoms with E-state index in [1.165, 1.54) is 0 Å². The Morgan fingerprint density at radius 3 is 2.36 bits per heavy atom. The van der Waals surface area contributed by atoms with Gasteiger partial charge < -0.3 is 10.5 Å². The maximum Gasteiger partial charge on any atom is 0.573 e. The molecule has 1 aromatic rings. The number of alkyl halides is 3. The largest absolute Gasteiger partial charge is 0.573 e. The molecule has 0 unspecified atom stereocenters. The SMILES string of the molecule is Nc1c(Cl)cc(OC(F)(F)F)cc1Br. The highest BCUT2D eigenvalue weighted by molar-refractivity contribution is 9.10. The lowest BCUT2D eigenvalue weighted by molar-refractivity contribution is -0.274. The Kier molecular flexibility index (Phi) is 3.16. The zero-order chi connectivity index (χ0) is 10.9. The smallest absolute Gasteiger partial charge is 0.406 e. The monoisotopic (exact) mass is 289 g/mol. The van der Waals surface area contributed by atoms with E-state index in [-0.39, 0.29) is 15.2 Å². The molecule has 2 N–H and O–H groups in total. The van der Waals surface area contributed by atoms with Crippen LogP contribution >= 0.6 is 27.5 Å². The molecule has 0 aliphatic rings. The molecule has 0 amide bonds. The summed E-state index contributed by atoms with van der Waals surface area (Å²) in [6.07, 6.45) is -4.74. The van der Waals surface area contributed by atoms with Crippen LogP contribution in [0.15, 0.2) is 16.6 Å². The molecule has 1 aromatic carbocycles. The molecule has 0 saturated carbocycles. The highest BCUT2D eigenvalue weighted by atomic mass is 79.9. The maximum atomic E-state index is 11.8. The molecule has 0 bridgehead atoms. The Labute approximate surface area is 90.9 Å². The highest BCUT2D eigenvalue weighted by Gasteiger charge is 2.31. The third kappa shape index (κ3) is 2.95. The number of ether oxygens (including phenoxy) is 1. The van der Waals surface area contributed by atoms with Crippen molar-refractivity contribution in [2.75, 3.05) is 5.73 Å². The Balaban J connectivity index is 3.02. The van der Waals surface area contributed by atoms with Crippen molar-refractivity contribution in [2.45, 2.75) is 6.36 Å². The normalized spacial score (nSPS) is 11.5. The van der Waals surface area contributed by atoms with E-state index < -0.39 is 12.1 Å². The van der Waals surface area contributed by atoms with Crippen molar-refractivity contribution in [1.82, 2.24) is 0 Å². The average Bonchev–Trinajstić information content (AvgIpc) is 1.96. The number of hydrogen-bond acceptors (Lipinski definition) is 2. The van der Waals surface area contributed by atoms with Crippen molar-refractivity contribution < 1.29 is 17.9 Å². The van der Waals surface area contributed by atoms with Crippen LogP contribution in [0.2, 0.25) is 5.02 Å². The van der Waals surface area contributed by atoms with Gasteiger partial charge in [-0.25, -0.2) is 0 Å². The zero-order valence-corrected chi connectivity index (χ0v) is 8.87. The summed E-state index contributed by atoms with van der Waals surface area (Å²) >= 11 is 8.49. The molecule has 14 heavy (non-hydrogen) atoms. The molecule has 0 aliphatic heterocycles. The van der Waals surface area contributed by atoms with Crippen LogP contribution in [0.25, 0.3) is 0 Å². The van der Waals surface area contributed by atoms with Crippen LogP contribution in [-0.2, 0) is 0 Å². The minimum Gasteiger partial charge on any atom is -0.406 e. The molecular formula is C7H4BrClF3NO. The fourth-order valence-electron chi connectivity index (χ4n) is 0.754. The lowest BCUT2D eigenvalue weighted by Gasteiger charge is -2.10. The van der Waals surface area contributed by atoms with E-state index in [1.54, 1.807) is 0 Å². The number of benzene rings is 1. The fourth-order valence-corrected chi connectivity index (χ4v) is 1.52. The molecule has 0 heterocycles. The Morgan fingerprint density at radius 2 is 1.93 bits per heavy atom. The summed E-state index contributed by atoms with van der Waals surface area (Å²) < 4.78 is 39.3. The van der Waals surface area contributed by atoms with Crippen LogP contribution in [-0.4, -0.2) is 6.36 Å². The Bertz CT molecular complexity index is 332. The van der Waals surface area contributed by atoms with Crippen molar-refractivity contribution >= 4 is 33.2 Å². The van der Waals surface area contributed by atoms with Crippen molar-refractivity contribution in [2.24, 2.45) is 0 Å². The second kappa shape index (κ2) is 3.86. The molecule has 7 heteroatoms. The van der Waals surface area contributed by atoms with E-state index in [2.05, 4.69) is 20.7 Å². The van der Waals surface area contributed by atoms with E-state index in [0.717, 1.165) is 12.1 Å². The summed E-state index contributed by atoms with van der Waals surface area (Å²) in [5.41, 5.74) is 5.57. The zero-order valence-electron chi connectivity index (χ0n) is 6.53. The summed E-state index contributed by atoms with van der Waals surface area (Å²) in [4.78, 5) is 0. The first kappa shape index (κ1) is 11.5. The topological polar surface area (TPSA) is 35.2 Å². The highest BCUT2D eigenvalue weighted by Crippen LogP contribution is 2.34. The van der Waals surface area contributed by atoms with Gasteiger partial charge in [-0.3, -0.25) is 0 Å². The molecule has 0 aliphatic carbocycles. The molecule has 0 saturated heterocycles. The maximum absolute atomic E-state index is 11.8. The molecule has 0 radical (unpaired) electrons. The van der Waals surface area contributed by atoms with Gasteiger partial charge >= 0.3 is 6.36 Å². The number of nitrogens with two attached hydrogens (primary N) is 1. The Morgan fingerprint density at radius 1 is 1.36 bits per heavy atom. The molecule has 78 valence electrons. The van der Waals surface area contributed by atoms with Crippen molar-refractivity contribution in [3.05, 3.63) is 21.6 Å². The van der Waals surface area contributed by atoms with Gasteiger partial charge in [0.1, 0.15) is 5.75 Å². The number of rotatable bonds is 1. The second-order valence-electron chi connectivity index (χ2n) is 2.35. The van der Waals surface area contributed by atoms with Crippen LogP contribution in [0, 0.1) is 0 Å². The van der Waals surface area contributed by atoms with Gasteiger partial charge in [0.15, 0.2) is 0 Å². The third-order valence-electron chi connectivity index (χ3n) is 1.29. The summed E-state index contributed by atoms with van der Waals surface area (Å²) in [5.74, 6) is -0.413. The van der Waals surface area contributed by atoms with Crippen molar-refractivity contribution in [1.29, 1.82) is 0 Å². The van der Waals surface area contributed by atoms with Gasteiger partial charge in [-0.2, -0.15) is 0 Å². The van der Waals surface area contributed by atoms with Gasteiger partial charge in [0, 0.05) is 10.5 Å². The average molecular weight is 290 g/mol. The summed E-state index contributed by atoms with van der Waals surface area (Å²) in [6.45, 7) is 0. The van der Waals surface area contributed by atoms with Crippen LogP contribution in [0.3, 0.4) is 0 Å². The van der Waals surface area contributed by atoms with E-state index in [4.69, 9.17) is 17.3 Å². The molecule has 2 nitrogen and oxygen atoms in total. The standard InChI is InChI=1S/C7H4BrClF3NO/c8-4-1-3(14-7(10,11)12)2-5(9)6(4)13/h1-2H,13H2. The van der Waals surface area contributed by atoms with Gasteiger partial charge in [0.25, 0.3) is 0 Å². The van der Waals surface area contributed by atoms with Crippen LogP contribution in [0.4, 0.5) is 18.9 Å². The lowest BCUT2D eigenvalue weighted by atomic mass is 10.3. The molecule has 0 spiro atoms. The first-order valence-electron chi connectivity index (χ1n) is 3.30. The lowest BCUT2D eigenvalue weighted by Crippen LogP contribution is -2.17. The van der Waals surface area contributed by atoms with Crippen molar-refractivity contribution in [3.63, 3.8) is 0 Å². The quantitative estimate of drug-likeness (QED) is 0.802. The predicted octanol–water partition coefficient (Wildman–Crippen LogP) is 3.58. The number of hydrogen-bond donors (Lipinski definition) is 1. The summed E-state index contributed by atoms with van der Waals surface area (Å²) in [7, 11) is 0. The van der Waals surface area contributed by atoms with Crippen molar-refractivity contribution in [3.8, 4) is 5.75 Å². The molecule has 0 fully saturated rings. The first-order chi connectivity index (χ1) is 6.29. The van der Waals surface area contributed by atoms with Gasteiger partial charge in [-0.1, -0.05) is 11.6 Å². The predicted molar refractivity (Wildman–Crippen MR) is 50.2 cm³/mol. The molecule has 0 atom stereocenters. The minimum absolute atomic E-state index is 0.00127. The number of halogens is 5. The van der Waals surface area contributed by atoms with E-state index in [1.807, 2.05) is 0 Å². The van der Waals surface area contributed by atoms with Crippen LogP contribution < -0.4 is 10.5 Å². The Hall–Kier alpha value is -0.620. The summed E-state index contributed by atoms with van der Waals surface area (Å²) in [6, 6.07) is 2.09. The second-order valence-corrected chi connectivity index (χ2v) is 3.61. The molecular weight excluding hydrogens is 286 g/mol. The molecule has 1 rings (SSSR count). The van der Waals surface area contributed by atoms with Gasteiger partial charge in [0.2, 0.25) is 0 Å². The van der Waals surface area contributed by atoms with Gasteiger partial charge in [-0.15, -0.1) is 13.2 Å². The number of anilines is 1. The first-order valence-corrected chi connectivity index (χ1v) is 4.47. The summed E-state index contributed by atoms with van der Waals surface area (Å²) in [5, 5.41) is -0.00127. The minimum atomic E-state index is -4.74. The molecule has 0 aromatic heterocycles. The van der Waals surface area contributed by atoms with Crippen LogP contribution in [0.1, 0.15) is 0 Å². The number of nitrogen functional groups attached to an aromatic ring is 1. The van der Waals surface area contributed by atoms with E-state index in [9.17, 15) is 13.2 Å². The van der Waals surface area contributed by atoms with E-state index >= 15 is 0 Å². The van der Waals surface area contributed by atoms with Gasteiger partial charge in [0.05, 0.1) is 10.7 Å². The van der Waals surface area contributed by atoms with Gasteiger partial charge in [-0.05, 0) is 22.0 Å².